The van der Waals surface area contributed by atoms with Crippen molar-refractivity contribution in [1.29, 1.82) is 0 Å². The minimum absolute atomic E-state index is 0.554. The smallest absolute Gasteiger partial charge is 0.0155 e. The zero-order chi connectivity index (χ0) is 9.45. The fraction of sp³-hybridized carbons (Fsp3) is 1.00. The van der Waals surface area contributed by atoms with Gasteiger partial charge in [0, 0.05) is 0 Å². The first-order chi connectivity index (χ1) is 5.68. The Morgan fingerprint density at radius 3 is 2.17 bits per heavy atom. The molecule has 74 valence electrons. The quantitative estimate of drug-likeness (QED) is 0.438. The van der Waals surface area contributed by atoms with Gasteiger partial charge in [0.2, 0.25) is 0 Å². The molecule has 0 heterocycles. The van der Waals surface area contributed by atoms with Gasteiger partial charge in [-0.05, 0) is 43.2 Å². The summed E-state index contributed by atoms with van der Waals surface area (Å²) in [5.74, 6) is 0. The van der Waals surface area contributed by atoms with Crippen LogP contribution in [0.4, 0.5) is 0 Å². The Balaban J connectivity index is 3.45. The van der Waals surface area contributed by atoms with E-state index in [2.05, 4.69) is 30.0 Å². The van der Waals surface area contributed by atoms with E-state index in [9.17, 15) is 0 Å². The van der Waals surface area contributed by atoms with Crippen LogP contribution in [0.15, 0.2) is 0 Å². The van der Waals surface area contributed by atoms with E-state index < -0.39 is 0 Å². The molecule has 0 spiro atoms. The summed E-state index contributed by atoms with van der Waals surface area (Å²) in [6.45, 7) is 6.89. The Morgan fingerprint density at radius 1 is 1.17 bits per heavy atom. The van der Waals surface area contributed by atoms with Crippen LogP contribution in [0.5, 0.6) is 0 Å². The molecule has 0 aliphatic carbocycles. The summed E-state index contributed by atoms with van der Waals surface area (Å²) < 4.78 is 0. The molecule has 0 bridgehead atoms. The third-order valence-electron chi connectivity index (χ3n) is 2.69. The molecule has 2 unspecified atom stereocenters. The molecule has 2 atom stereocenters. The van der Waals surface area contributed by atoms with E-state index >= 15 is 0 Å². The van der Waals surface area contributed by atoms with Crippen molar-refractivity contribution >= 4 is 17.8 Å². The van der Waals surface area contributed by atoms with E-state index in [1.807, 2.05) is 0 Å². The van der Waals surface area contributed by atoms with E-state index in [0.29, 0.717) is 5.16 Å². The lowest BCUT2D eigenvalue weighted by Crippen LogP contribution is -2.17. The van der Waals surface area contributed by atoms with Crippen LogP contribution in [-0.2, 0) is 0 Å². The lowest BCUT2D eigenvalue weighted by Gasteiger charge is -2.26. The first-order valence-corrected chi connectivity index (χ1v) is 7.17. The van der Waals surface area contributed by atoms with Crippen molar-refractivity contribution < 1.29 is 0 Å². The molecule has 0 rings (SSSR count). The third-order valence-corrected chi connectivity index (χ3v) is 5.00. The maximum absolute atomic E-state index is 3.06. The van der Waals surface area contributed by atoms with Gasteiger partial charge in [-0.15, -0.1) is 17.8 Å². The molecule has 0 aromatic rings. The predicted molar refractivity (Wildman–Crippen MR) is 66.0 cm³/mol. The molecular formula is C10H24P2. The summed E-state index contributed by atoms with van der Waals surface area (Å²) in [6, 6.07) is 0. The molecular weight excluding hydrogens is 182 g/mol. The molecule has 0 aromatic heterocycles. The zero-order valence-electron chi connectivity index (χ0n) is 8.82. The molecule has 0 N–H and O–H groups in total. The highest BCUT2D eigenvalue weighted by Crippen LogP contribution is 2.32. The van der Waals surface area contributed by atoms with Gasteiger partial charge in [0.1, 0.15) is 0 Å². The van der Waals surface area contributed by atoms with E-state index in [0.717, 1.165) is 0 Å². The van der Waals surface area contributed by atoms with Gasteiger partial charge >= 0.3 is 0 Å². The molecule has 0 saturated carbocycles. The molecule has 0 aliphatic heterocycles. The largest absolute Gasteiger partial charge is 0.131 e. The van der Waals surface area contributed by atoms with Crippen LogP contribution in [0.25, 0.3) is 0 Å². The molecule has 0 aliphatic rings. The van der Waals surface area contributed by atoms with Gasteiger partial charge in [-0.25, -0.2) is 0 Å². The Labute approximate surface area is 82.3 Å². The Morgan fingerprint density at radius 2 is 1.75 bits per heavy atom. The average molecular weight is 206 g/mol. The lowest BCUT2D eigenvalue weighted by atomic mass is 9.97. The zero-order valence-corrected chi connectivity index (χ0v) is 11.0. The molecule has 0 nitrogen and oxygen atoms in total. The second-order valence-corrected chi connectivity index (χ2v) is 6.46. The molecule has 0 saturated heterocycles. The van der Waals surface area contributed by atoms with Crippen LogP contribution < -0.4 is 0 Å². The van der Waals surface area contributed by atoms with Crippen LogP contribution in [-0.4, -0.2) is 17.5 Å². The highest BCUT2D eigenvalue weighted by molar-refractivity contribution is 7.37. The van der Waals surface area contributed by atoms with Crippen LogP contribution in [0.3, 0.4) is 0 Å². The summed E-state index contributed by atoms with van der Waals surface area (Å²) in [7, 11) is 4.25. The van der Waals surface area contributed by atoms with Crippen LogP contribution in [0.1, 0.15) is 46.5 Å². The van der Waals surface area contributed by atoms with Crippen molar-refractivity contribution in [2.75, 3.05) is 12.3 Å². The van der Waals surface area contributed by atoms with Gasteiger partial charge in [0.05, 0.1) is 0 Å². The maximum atomic E-state index is 3.06. The predicted octanol–water partition coefficient (Wildman–Crippen LogP) is 3.90. The second kappa shape index (κ2) is 7.28. The monoisotopic (exact) mass is 206 g/mol. The molecule has 0 fully saturated rings. The van der Waals surface area contributed by atoms with E-state index in [1.165, 1.54) is 46.6 Å². The summed E-state index contributed by atoms with van der Waals surface area (Å²) in [4.78, 5) is 0. The third kappa shape index (κ3) is 5.50. The van der Waals surface area contributed by atoms with Gasteiger partial charge < -0.3 is 0 Å². The maximum Gasteiger partial charge on any atom is -0.0155 e. The first-order valence-electron chi connectivity index (χ1n) is 5.18. The van der Waals surface area contributed by atoms with Crippen molar-refractivity contribution in [2.45, 2.75) is 51.6 Å². The van der Waals surface area contributed by atoms with Crippen molar-refractivity contribution in [3.8, 4) is 0 Å². The Hall–Kier alpha value is 0.860. The summed E-state index contributed by atoms with van der Waals surface area (Å²) >= 11 is 0. The number of hydrogen-bond donors (Lipinski definition) is 0. The fourth-order valence-corrected chi connectivity index (χ4v) is 2.33. The van der Waals surface area contributed by atoms with Crippen molar-refractivity contribution in [1.82, 2.24) is 0 Å². The van der Waals surface area contributed by atoms with Gasteiger partial charge in [-0.3, -0.25) is 0 Å². The highest BCUT2D eigenvalue weighted by atomic mass is 31.1. The Bertz CT molecular complexity index is 98.0. The molecule has 12 heavy (non-hydrogen) atoms. The van der Waals surface area contributed by atoms with Crippen LogP contribution in [0.2, 0.25) is 0 Å². The van der Waals surface area contributed by atoms with E-state index in [1.54, 1.807) is 0 Å². The van der Waals surface area contributed by atoms with Crippen LogP contribution in [0, 0.1) is 0 Å². The van der Waals surface area contributed by atoms with E-state index in [4.69, 9.17) is 0 Å². The van der Waals surface area contributed by atoms with Crippen molar-refractivity contribution in [3.63, 3.8) is 0 Å². The van der Waals surface area contributed by atoms with E-state index in [-0.39, 0.29) is 0 Å². The normalized spacial score (nSPS) is 13.0. The lowest BCUT2D eigenvalue weighted by molar-refractivity contribution is 0.502. The second-order valence-electron chi connectivity index (χ2n) is 3.53. The fourth-order valence-electron chi connectivity index (χ4n) is 1.35. The number of hydrogen-bond acceptors (Lipinski definition) is 0. The summed E-state index contributed by atoms with van der Waals surface area (Å²) in [5, 5.41) is 0.554. The number of rotatable bonds is 7. The van der Waals surface area contributed by atoms with Gasteiger partial charge in [0.25, 0.3) is 0 Å². The topological polar surface area (TPSA) is 0 Å². The minimum atomic E-state index is 0.554. The SMILES string of the molecule is CCPCCCC(P)(CC)CC. The highest BCUT2D eigenvalue weighted by Gasteiger charge is 2.18. The molecule has 0 radical (unpaired) electrons. The van der Waals surface area contributed by atoms with Gasteiger partial charge in [-0.2, -0.15) is 0 Å². The molecule has 0 amide bonds. The van der Waals surface area contributed by atoms with Crippen molar-refractivity contribution in [2.24, 2.45) is 0 Å². The summed E-state index contributed by atoms with van der Waals surface area (Å²) in [6.07, 6.45) is 8.27. The Kier molecular flexibility index (Phi) is 7.80. The average Bonchev–Trinajstić information content (AvgIpc) is 2.12. The minimum Gasteiger partial charge on any atom is -0.131 e. The summed E-state index contributed by atoms with van der Waals surface area (Å²) in [5.41, 5.74) is 0. The standard InChI is InChI=1S/C10H24P2/c1-4-10(11,5-2)8-7-9-12-6-3/h12H,4-9,11H2,1-3H3. The van der Waals surface area contributed by atoms with Gasteiger partial charge in [0.15, 0.2) is 0 Å². The van der Waals surface area contributed by atoms with Crippen molar-refractivity contribution in [3.05, 3.63) is 0 Å². The molecule has 2 heteroatoms. The first kappa shape index (κ1) is 12.9. The molecule has 0 aromatic carbocycles. The van der Waals surface area contributed by atoms with Crippen LogP contribution >= 0.6 is 17.8 Å². The van der Waals surface area contributed by atoms with Gasteiger partial charge in [-0.1, -0.05) is 20.8 Å².